The lowest BCUT2D eigenvalue weighted by Gasteiger charge is -2.08. The normalized spacial score (nSPS) is 13.2. The highest BCUT2D eigenvalue weighted by Gasteiger charge is 2.23. The highest BCUT2D eigenvalue weighted by Crippen LogP contribution is 2.20. The molecule has 0 aliphatic heterocycles. The van der Waals surface area contributed by atoms with Crippen molar-refractivity contribution in [1.82, 2.24) is 16.2 Å². The van der Waals surface area contributed by atoms with Gasteiger partial charge in [0.2, 0.25) is 5.91 Å². The van der Waals surface area contributed by atoms with Crippen molar-refractivity contribution in [1.29, 1.82) is 0 Å². The van der Waals surface area contributed by atoms with Crippen LogP contribution >= 0.6 is 0 Å². The monoisotopic (exact) mass is 413 g/mol. The van der Waals surface area contributed by atoms with Gasteiger partial charge in [-0.15, -0.1) is 0 Å². The van der Waals surface area contributed by atoms with Crippen molar-refractivity contribution in [2.45, 2.75) is 25.3 Å². The highest BCUT2D eigenvalue weighted by atomic mass is 16.2. The molecule has 0 spiro atoms. The molecule has 1 aliphatic carbocycles. The van der Waals surface area contributed by atoms with E-state index in [-0.39, 0.29) is 18.2 Å². The first-order valence-corrected chi connectivity index (χ1v) is 10.2. The molecule has 1 saturated carbocycles. The van der Waals surface area contributed by atoms with Crippen LogP contribution in [-0.2, 0) is 16.0 Å². The summed E-state index contributed by atoms with van der Waals surface area (Å²) in [7, 11) is 0. The maximum absolute atomic E-state index is 12.2. The summed E-state index contributed by atoms with van der Waals surface area (Å²) in [5, 5.41) is 5.01. The molecule has 1 fully saturated rings. The largest absolute Gasteiger partial charge is 0.349 e. The van der Waals surface area contributed by atoms with Gasteiger partial charge in [-0.25, -0.2) is 0 Å². The standard InChI is InChI=1S/C25H23N3O3/c29-23(15-10-17-8-11-19(12-9-17)25(31)26-21-13-14-21)27-28-24(30)16-20-6-3-5-18-4-1-2-7-22(18)20/h1-12,15,21H,13-14,16H2,(H,26,31)(H,27,29)(H,28,30)/b15-10+. The quantitative estimate of drug-likeness (QED) is 0.429. The summed E-state index contributed by atoms with van der Waals surface area (Å²) in [5.74, 6) is -0.823. The van der Waals surface area contributed by atoms with Gasteiger partial charge in [0.25, 0.3) is 11.8 Å². The zero-order valence-electron chi connectivity index (χ0n) is 16.9. The fraction of sp³-hybridized carbons (Fsp3) is 0.160. The van der Waals surface area contributed by atoms with Gasteiger partial charge in [-0.3, -0.25) is 25.2 Å². The van der Waals surface area contributed by atoms with Crippen LogP contribution < -0.4 is 16.2 Å². The van der Waals surface area contributed by atoms with Crippen LogP contribution in [0.3, 0.4) is 0 Å². The fourth-order valence-electron chi connectivity index (χ4n) is 3.25. The number of hydrogen-bond donors (Lipinski definition) is 3. The number of hydrogen-bond acceptors (Lipinski definition) is 3. The average Bonchev–Trinajstić information content (AvgIpc) is 3.61. The van der Waals surface area contributed by atoms with Crippen molar-refractivity contribution in [3.8, 4) is 0 Å². The van der Waals surface area contributed by atoms with Crippen LogP contribution in [0.4, 0.5) is 0 Å². The van der Waals surface area contributed by atoms with Gasteiger partial charge in [0, 0.05) is 17.7 Å². The topological polar surface area (TPSA) is 87.3 Å². The first-order chi connectivity index (χ1) is 15.1. The first kappa shape index (κ1) is 20.3. The summed E-state index contributed by atoms with van der Waals surface area (Å²) in [6, 6.07) is 21.0. The zero-order valence-corrected chi connectivity index (χ0v) is 16.9. The molecule has 0 atom stereocenters. The van der Waals surface area contributed by atoms with Gasteiger partial charge < -0.3 is 5.32 Å². The van der Waals surface area contributed by atoms with Gasteiger partial charge in [-0.05, 0) is 52.9 Å². The molecule has 0 aromatic heterocycles. The van der Waals surface area contributed by atoms with Crippen molar-refractivity contribution >= 4 is 34.6 Å². The van der Waals surface area contributed by atoms with E-state index in [1.54, 1.807) is 30.3 Å². The molecule has 1 aliphatic rings. The second-order valence-corrected chi connectivity index (χ2v) is 7.56. The summed E-state index contributed by atoms with van der Waals surface area (Å²) >= 11 is 0. The maximum atomic E-state index is 12.2. The smallest absolute Gasteiger partial charge is 0.262 e. The van der Waals surface area contributed by atoms with E-state index in [2.05, 4.69) is 16.2 Å². The summed E-state index contributed by atoms with van der Waals surface area (Å²) < 4.78 is 0. The maximum Gasteiger partial charge on any atom is 0.262 e. The Bertz CT molecular complexity index is 1140. The minimum atomic E-state index is -0.443. The SMILES string of the molecule is O=C(/C=C/c1ccc(C(=O)NC2CC2)cc1)NNC(=O)Cc1cccc2ccccc12. The van der Waals surface area contributed by atoms with E-state index >= 15 is 0 Å². The Labute approximate surface area is 180 Å². The van der Waals surface area contributed by atoms with Crippen molar-refractivity contribution < 1.29 is 14.4 Å². The lowest BCUT2D eigenvalue weighted by molar-refractivity contribution is -0.126. The summed E-state index contributed by atoms with van der Waals surface area (Å²) in [5.41, 5.74) is 7.09. The van der Waals surface area contributed by atoms with E-state index in [9.17, 15) is 14.4 Å². The molecule has 0 saturated heterocycles. The summed E-state index contributed by atoms with van der Waals surface area (Å²) in [6.07, 6.45) is 5.20. The van der Waals surface area contributed by atoms with Crippen LogP contribution in [0.2, 0.25) is 0 Å². The molecular weight excluding hydrogens is 390 g/mol. The minimum absolute atomic E-state index is 0.0790. The van der Waals surface area contributed by atoms with Gasteiger partial charge in [0.1, 0.15) is 0 Å². The number of benzene rings is 3. The van der Waals surface area contributed by atoms with Gasteiger partial charge in [-0.2, -0.15) is 0 Å². The molecule has 3 aromatic rings. The van der Waals surface area contributed by atoms with E-state index in [0.29, 0.717) is 11.6 Å². The molecule has 0 heterocycles. The predicted molar refractivity (Wildman–Crippen MR) is 120 cm³/mol. The Hall–Kier alpha value is -3.93. The summed E-state index contributed by atoms with van der Waals surface area (Å²) in [6.45, 7) is 0. The fourth-order valence-corrected chi connectivity index (χ4v) is 3.25. The second kappa shape index (κ2) is 9.26. The van der Waals surface area contributed by atoms with Crippen LogP contribution in [0.1, 0.15) is 34.3 Å². The third-order valence-corrected chi connectivity index (χ3v) is 5.07. The average molecular weight is 413 g/mol. The zero-order chi connectivity index (χ0) is 21.6. The van der Waals surface area contributed by atoms with Crippen LogP contribution in [-0.4, -0.2) is 23.8 Å². The van der Waals surface area contributed by atoms with E-state index in [1.165, 1.54) is 6.08 Å². The second-order valence-electron chi connectivity index (χ2n) is 7.56. The van der Waals surface area contributed by atoms with Crippen molar-refractivity contribution in [2.24, 2.45) is 0 Å². The van der Waals surface area contributed by atoms with Crippen molar-refractivity contribution in [3.63, 3.8) is 0 Å². The summed E-state index contributed by atoms with van der Waals surface area (Å²) in [4.78, 5) is 36.2. The first-order valence-electron chi connectivity index (χ1n) is 10.2. The molecule has 0 radical (unpaired) electrons. The third kappa shape index (κ3) is 5.57. The van der Waals surface area contributed by atoms with Crippen LogP contribution in [0, 0.1) is 0 Å². The molecule has 3 amide bonds. The van der Waals surface area contributed by atoms with Gasteiger partial charge in [0.05, 0.1) is 6.42 Å². The number of nitrogens with one attached hydrogen (secondary N) is 3. The Kier molecular flexibility index (Phi) is 6.08. The Morgan fingerprint density at radius 3 is 2.39 bits per heavy atom. The molecule has 0 unspecified atom stereocenters. The van der Waals surface area contributed by atoms with E-state index in [1.807, 2.05) is 42.5 Å². The van der Waals surface area contributed by atoms with E-state index in [4.69, 9.17) is 0 Å². The van der Waals surface area contributed by atoms with Crippen LogP contribution in [0.5, 0.6) is 0 Å². The van der Waals surface area contributed by atoms with Crippen LogP contribution in [0.25, 0.3) is 16.8 Å². The lowest BCUT2D eigenvalue weighted by atomic mass is 10.0. The van der Waals surface area contributed by atoms with E-state index < -0.39 is 5.91 Å². The molecule has 0 bridgehead atoms. The van der Waals surface area contributed by atoms with Gasteiger partial charge in [0.15, 0.2) is 0 Å². The minimum Gasteiger partial charge on any atom is -0.349 e. The number of carbonyl (C=O) groups excluding carboxylic acids is 3. The number of rotatable bonds is 6. The number of fused-ring (bicyclic) bond motifs is 1. The van der Waals surface area contributed by atoms with E-state index in [0.717, 1.165) is 34.7 Å². The number of carbonyl (C=O) groups is 3. The Balaban J connectivity index is 1.27. The Morgan fingerprint density at radius 1 is 0.871 bits per heavy atom. The number of amides is 3. The molecular formula is C25H23N3O3. The van der Waals surface area contributed by atoms with Gasteiger partial charge in [-0.1, -0.05) is 54.6 Å². The lowest BCUT2D eigenvalue weighted by Crippen LogP contribution is -2.41. The Morgan fingerprint density at radius 2 is 1.61 bits per heavy atom. The third-order valence-electron chi connectivity index (χ3n) is 5.07. The molecule has 3 aromatic carbocycles. The molecule has 6 nitrogen and oxygen atoms in total. The van der Waals surface area contributed by atoms with Gasteiger partial charge >= 0.3 is 0 Å². The molecule has 4 rings (SSSR count). The van der Waals surface area contributed by atoms with Crippen LogP contribution in [0.15, 0.2) is 72.8 Å². The molecule has 3 N–H and O–H groups in total. The molecule has 31 heavy (non-hydrogen) atoms. The predicted octanol–water partition coefficient (Wildman–Crippen LogP) is 3.14. The number of hydrazine groups is 1. The van der Waals surface area contributed by atoms with Crippen molar-refractivity contribution in [3.05, 3.63) is 89.5 Å². The highest BCUT2D eigenvalue weighted by molar-refractivity contribution is 5.96. The molecule has 6 heteroatoms. The van der Waals surface area contributed by atoms with Crippen molar-refractivity contribution in [2.75, 3.05) is 0 Å². The molecule has 156 valence electrons.